The number of hydrazone groups is 1. The number of ether oxygens (including phenoxy) is 2. The molecule has 1 amide bonds. The maximum atomic E-state index is 11.7. The normalized spacial score (nSPS) is 10.5. The molecule has 0 radical (unpaired) electrons. The standard InChI is InChI=1S/C17H18N2O3S/c1-3-5-13-7-8-15(16(10-13)21-2)22-12-17(20)19-18-11-14-6-4-9-23-14/h3-4,6-11H,1,5,12H2,2H3,(H,19,20)/b18-11+. The lowest BCUT2D eigenvalue weighted by molar-refractivity contribution is -0.123. The van der Waals surface area contributed by atoms with Crippen LogP contribution in [0.3, 0.4) is 0 Å². The van der Waals surface area contributed by atoms with Gasteiger partial charge in [0.25, 0.3) is 5.91 Å². The molecule has 120 valence electrons. The number of rotatable bonds is 8. The molecular formula is C17H18N2O3S. The number of thiophene rings is 1. The third-order valence-corrected chi connectivity index (χ3v) is 3.70. The van der Waals surface area contributed by atoms with E-state index in [0.717, 1.165) is 16.9 Å². The summed E-state index contributed by atoms with van der Waals surface area (Å²) in [5.41, 5.74) is 3.48. The van der Waals surface area contributed by atoms with Gasteiger partial charge < -0.3 is 9.47 Å². The van der Waals surface area contributed by atoms with Crippen LogP contribution in [0, 0.1) is 0 Å². The third kappa shape index (κ3) is 5.27. The van der Waals surface area contributed by atoms with E-state index in [1.807, 2.05) is 35.7 Å². The smallest absolute Gasteiger partial charge is 0.277 e. The van der Waals surface area contributed by atoms with E-state index >= 15 is 0 Å². The Kier molecular flexibility index (Phi) is 6.38. The average Bonchev–Trinajstić information content (AvgIpc) is 3.07. The molecule has 0 atom stereocenters. The molecule has 0 fully saturated rings. The van der Waals surface area contributed by atoms with Gasteiger partial charge >= 0.3 is 0 Å². The SMILES string of the molecule is C=CCc1ccc(OCC(=O)N/N=C/c2cccs2)c(OC)c1. The highest BCUT2D eigenvalue weighted by Gasteiger charge is 2.08. The number of nitrogens with zero attached hydrogens (tertiary/aromatic N) is 1. The zero-order valence-electron chi connectivity index (χ0n) is 12.8. The number of carbonyl (C=O) groups excluding carboxylic acids is 1. The van der Waals surface area contributed by atoms with Crippen LogP contribution in [-0.2, 0) is 11.2 Å². The van der Waals surface area contributed by atoms with Crippen LogP contribution in [0.15, 0.2) is 53.5 Å². The van der Waals surface area contributed by atoms with Crippen LogP contribution in [0.5, 0.6) is 11.5 Å². The molecule has 0 aliphatic heterocycles. The Morgan fingerprint density at radius 3 is 2.96 bits per heavy atom. The molecule has 1 heterocycles. The van der Waals surface area contributed by atoms with Crippen LogP contribution in [-0.4, -0.2) is 25.8 Å². The maximum absolute atomic E-state index is 11.7. The summed E-state index contributed by atoms with van der Waals surface area (Å²) in [6.45, 7) is 3.56. The molecule has 0 aliphatic carbocycles. The Balaban J connectivity index is 1.87. The van der Waals surface area contributed by atoms with Crippen molar-refractivity contribution in [3.05, 3.63) is 58.8 Å². The van der Waals surface area contributed by atoms with Gasteiger partial charge in [-0.1, -0.05) is 18.2 Å². The number of methoxy groups -OCH3 is 1. The van der Waals surface area contributed by atoms with E-state index in [-0.39, 0.29) is 12.5 Å². The fraction of sp³-hybridized carbons (Fsp3) is 0.176. The first-order valence-electron chi connectivity index (χ1n) is 6.99. The van der Waals surface area contributed by atoms with Crippen LogP contribution in [0.2, 0.25) is 0 Å². The first-order valence-corrected chi connectivity index (χ1v) is 7.87. The van der Waals surface area contributed by atoms with Crippen molar-refractivity contribution >= 4 is 23.5 Å². The van der Waals surface area contributed by atoms with Crippen LogP contribution >= 0.6 is 11.3 Å². The number of hydrogen-bond acceptors (Lipinski definition) is 5. The predicted octanol–water partition coefficient (Wildman–Crippen LogP) is 3.01. The summed E-state index contributed by atoms with van der Waals surface area (Å²) < 4.78 is 10.8. The highest BCUT2D eigenvalue weighted by molar-refractivity contribution is 7.11. The van der Waals surface area contributed by atoms with Crippen LogP contribution in [0.25, 0.3) is 0 Å². The minimum absolute atomic E-state index is 0.140. The third-order valence-electron chi connectivity index (χ3n) is 2.89. The molecule has 1 aromatic carbocycles. The molecule has 2 rings (SSSR count). The van der Waals surface area contributed by atoms with E-state index in [9.17, 15) is 4.79 Å². The van der Waals surface area contributed by atoms with Gasteiger partial charge in [-0.25, -0.2) is 5.43 Å². The van der Waals surface area contributed by atoms with E-state index < -0.39 is 0 Å². The monoisotopic (exact) mass is 330 g/mol. The average molecular weight is 330 g/mol. The molecule has 0 saturated carbocycles. The van der Waals surface area contributed by atoms with Gasteiger partial charge in [0.2, 0.25) is 0 Å². The summed E-state index contributed by atoms with van der Waals surface area (Å²) in [4.78, 5) is 12.7. The van der Waals surface area contributed by atoms with E-state index in [1.54, 1.807) is 19.4 Å². The van der Waals surface area contributed by atoms with E-state index in [1.165, 1.54) is 11.3 Å². The van der Waals surface area contributed by atoms with Crippen molar-refractivity contribution in [1.29, 1.82) is 0 Å². The first kappa shape index (κ1) is 16.8. The van der Waals surface area contributed by atoms with Gasteiger partial charge in [0, 0.05) is 4.88 Å². The Hall–Kier alpha value is -2.60. The molecule has 2 aromatic rings. The minimum Gasteiger partial charge on any atom is -0.493 e. The lowest BCUT2D eigenvalue weighted by Gasteiger charge is -2.11. The van der Waals surface area contributed by atoms with Gasteiger partial charge in [-0.3, -0.25) is 4.79 Å². The van der Waals surface area contributed by atoms with Crippen molar-refractivity contribution in [2.24, 2.45) is 5.10 Å². The zero-order chi connectivity index (χ0) is 16.5. The molecule has 23 heavy (non-hydrogen) atoms. The molecule has 0 spiro atoms. The Morgan fingerprint density at radius 1 is 1.39 bits per heavy atom. The van der Waals surface area contributed by atoms with Crippen LogP contribution in [0.1, 0.15) is 10.4 Å². The van der Waals surface area contributed by atoms with Crippen molar-refractivity contribution < 1.29 is 14.3 Å². The Labute approximate surface area is 139 Å². The number of carbonyl (C=O) groups is 1. The van der Waals surface area contributed by atoms with Gasteiger partial charge in [0.1, 0.15) is 0 Å². The molecule has 0 aliphatic rings. The zero-order valence-corrected chi connectivity index (χ0v) is 13.6. The number of nitrogens with one attached hydrogen (secondary N) is 1. The molecule has 1 aromatic heterocycles. The van der Waals surface area contributed by atoms with Crippen molar-refractivity contribution in [3.8, 4) is 11.5 Å². The second-order valence-electron chi connectivity index (χ2n) is 4.58. The summed E-state index contributed by atoms with van der Waals surface area (Å²) in [6, 6.07) is 9.38. The van der Waals surface area contributed by atoms with Gasteiger partial charge in [-0.15, -0.1) is 17.9 Å². The molecule has 1 N–H and O–H groups in total. The van der Waals surface area contributed by atoms with Crippen molar-refractivity contribution in [3.63, 3.8) is 0 Å². The second-order valence-corrected chi connectivity index (χ2v) is 5.55. The van der Waals surface area contributed by atoms with Crippen LogP contribution in [0.4, 0.5) is 0 Å². The molecule has 0 unspecified atom stereocenters. The van der Waals surface area contributed by atoms with Gasteiger partial charge in [0.15, 0.2) is 18.1 Å². The number of benzene rings is 1. The number of amides is 1. The van der Waals surface area contributed by atoms with Crippen molar-refractivity contribution in [1.82, 2.24) is 5.43 Å². The van der Waals surface area contributed by atoms with Crippen molar-refractivity contribution in [2.75, 3.05) is 13.7 Å². The van der Waals surface area contributed by atoms with Crippen LogP contribution < -0.4 is 14.9 Å². The molecule has 5 nitrogen and oxygen atoms in total. The van der Waals surface area contributed by atoms with Gasteiger partial charge in [-0.2, -0.15) is 5.10 Å². The fourth-order valence-electron chi connectivity index (χ4n) is 1.83. The molecule has 0 saturated heterocycles. The lowest BCUT2D eigenvalue weighted by atomic mass is 10.1. The quantitative estimate of drug-likeness (QED) is 0.460. The van der Waals surface area contributed by atoms with Gasteiger partial charge in [0.05, 0.1) is 13.3 Å². The molecular weight excluding hydrogens is 312 g/mol. The maximum Gasteiger partial charge on any atom is 0.277 e. The van der Waals surface area contributed by atoms with Crippen molar-refractivity contribution in [2.45, 2.75) is 6.42 Å². The van der Waals surface area contributed by atoms with Gasteiger partial charge in [-0.05, 0) is 35.6 Å². The highest BCUT2D eigenvalue weighted by atomic mass is 32.1. The lowest BCUT2D eigenvalue weighted by Crippen LogP contribution is -2.24. The summed E-state index contributed by atoms with van der Waals surface area (Å²) in [5, 5.41) is 5.81. The largest absolute Gasteiger partial charge is 0.493 e. The fourth-order valence-corrected chi connectivity index (χ4v) is 2.42. The summed E-state index contributed by atoms with van der Waals surface area (Å²) >= 11 is 1.54. The summed E-state index contributed by atoms with van der Waals surface area (Å²) in [5.74, 6) is 0.756. The minimum atomic E-state index is -0.338. The topological polar surface area (TPSA) is 59.9 Å². The Bertz CT molecular complexity index is 681. The first-order chi connectivity index (χ1) is 11.2. The van der Waals surface area contributed by atoms with E-state index in [2.05, 4.69) is 17.1 Å². The second kappa shape index (κ2) is 8.75. The predicted molar refractivity (Wildman–Crippen MR) is 92.4 cm³/mol. The molecule has 0 bridgehead atoms. The van der Waals surface area contributed by atoms with E-state index in [4.69, 9.17) is 9.47 Å². The number of hydrogen-bond donors (Lipinski definition) is 1. The molecule has 6 heteroatoms. The Morgan fingerprint density at radius 2 is 2.26 bits per heavy atom. The summed E-state index contributed by atoms with van der Waals surface area (Å²) in [7, 11) is 1.56. The summed E-state index contributed by atoms with van der Waals surface area (Å²) in [6.07, 6.45) is 4.15. The highest BCUT2D eigenvalue weighted by Crippen LogP contribution is 2.28. The number of allylic oxidation sites excluding steroid dienone is 1. The van der Waals surface area contributed by atoms with E-state index in [0.29, 0.717) is 11.5 Å².